The molecule has 0 spiro atoms. The first-order chi connectivity index (χ1) is 8.52. The number of hydrogen-bond acceptors (Lipinski definition) is 2. The van der Waals surface area contributed by atoms with Crippen LogP contribution in [0.15, 0.2) is 35.7 Å². The number of hydrogen-bond donors (Lipinski definition) is 1. The molecule has 0 aromatic rings. The Balaban J connectivity index is 3.21. The highest BCUT2D eigenvalue weighted by atomic mass is 19.1. The Morgan fingerprint density at radius 1 is 1.72 bits per heavy atom. The summed E-state index contributed by atoms with van der Waals surface area (Å²) in [4.78, 5) is 12.4. The number of rotatable bonds is 4. The van der Waals surface area contributed by atoms with E-state index in [4.69, 9.17) is 9.84 Å². The van der Waals surface area contributed by atoms with Crippen molar-refractivity contribution in [3.05, 3.63) is 35.7 Å². The van der Waals surface area contributed by atoms with E-state index in [2.05, 4.69) is 6.58 Å². The number of allylic oxidation sites excluding steroid dienone is 2. The standard InChI is InChI=1S/C13H18FNO3/c1-4-5-11-10(9(2)14)6-7-15(13(16)17)12(11)8-18-3/h4-5,12H,2,6-8H2,1,3H3,(H,16,17)/b5-4-. The van der Waals surface area contributed by atoms with Crippen molar-refractivity contribution in [1.29, 1.82) is 0 Å². The van der Waals surface area contributed by atoms with E-state index in [1.165, 1.54) is 12.0 Å². The van der Waals surface area contributed by atoms with Crippen LogP contribution in [0.25, 0.3) is 0 Å². The summed E-state index contributed by atoms with van der Waals surface area (Å²) in [5.41, 5.74) is 1.10. The summed E-state index contributed by atoms with van der Waals surface area (Å²) in [7, 11) is 1.49. The van der Waals surface area contributed by atoms with Crippen LogP contribution in [0.1, 0.15) is 13.3 Å². The summed E-state index contributed by atoms with van der Waals surface area (Å²) >= 11 is 0. The predicted molar refractivity (Wildman–Crippen MR) is 67.1 cm³/mol. The lowest BCUT2D eigenvalue weighted by Gasteiger charge is -2.35. The van der Waals surface area contributed by atoms with Gasteiger partial charge in [0.15, 0.2) is 0 Å². The molecule has 0 saturated heterocycles. The van der Waals surface area contributed by atoms with Gasteiger partial charge in [-0.15, -0.1) is 0 Å². The molecule has 4 nitrogen and oxygen atoms in total. The van der Waals surface area contributed by atoms with Crippen LogP contribution in [0.3, 0.4) is 0 Å². The molecule has 5 heteroatoms. The molecule has 0 saturated carbocycles. The van der Waals surface area contributed by atoms with Crippen LogP contribution in [-0.2, 0) is 4.74 Å². The third-order valence-corrected chi connectivity index (χ3v) is 2.93. The van der Waals surface area contributed by atoms with Crippen LogP contribution in [0.5, 0.6) is 0 Å². The van der Waals surface area contributed by atoms with Crippen molar-refractivity contribution in [2.24, 2.45) is 0 Å². The monoisotopic (exact) mass is 255 g/mol. The highest BCUT2D eigenvalue weighted by Crippen LogP contribution is 2.30. The zero-order valence-electron chi connectivity index (χ0n) is 10.6. The van der Waals surface area contributed by atoms with Gasteiger partial charge in [-0.05, 0) is 24.5 Å². The molecule has 1 rings (SSSR count). The third kappa shape index (κ3) is 2.98. The fourth-order valence-electron chi connectivity index (χ4n) is 2.15. The molecule has 0 aromatic heterocycles. The summed E-state index contributed by atoms with van der Waals surface area (Å²) in [6.07, 6.45) is 2.79. The van der Waals surface area contributed by atoms with Crippen molar-refractivity contribution >= 4 is 6.09 Å². The van der Waals surface area contributed by atoms with Gasteiger partial charge in [0.05, 0.1) is 12.6 Å². The zero-order chi connectivity index (χ0) is 13.7. The van der Waals surface area contributed by atoms with E-state index in [9.17, 15) is 9.18 Å². The maximum absolute atomic E-state index is 13.4. The Morgan fingerprint density at radius 2 is 2.39 bits per heavy atom. The van der Waals surface area contributed by atoms with Gasteiger partial charge in [0.25, 0.3) is 0 Å². The second-order valence-electron chi connectivity index (χ2n) is 4.04. The summed E-state index contributed by atoms with van der Waals surface area (Å²) in [5, 5.41) is 9.15. The molecule has 1 atom stereocenters. The number of carboxylic acid groups (broad SMARTS) is 1. The van der Waals surface area contributed by atoms with Gasteiger partial charge in [0.2, 0.25) is 0 Å². The van der Waals surface area contributed by atoms with Gasteiger partial charge in [-0.1, -0.05) is 18.7 Å². The quantitative estimate of drug-likeness (QED) is 0.840. The molecular formula is C13H18FNO3. The number of halogens is 1. The van der Waals surface area contributed by atoms with Crippen molar-refractivity contribution in [2.45, 2.75) is 19.4 Å². The smallest absolute Gasteiger partial charge is 0.407 e. The number of methoxy groups -OCH3 is 1. The highest BCUT2D eigenvalue weighted by Gasteiger charge is 2.32. The van der Waals surface area contributed by atoms with Crippen LogP contribution in [0.4, 0.5) is 9.18 Å². The van der Waals surface area contributed by atoms with Crippen LogP contribution in [0.2, 0.25) is 0 Å². The molecule has 1 heterocycles. The Bertz CT molecular complexity index is 401. The second kappa shape index (κ2) is 6.35. The fourth-order valence-corrected chi connectivity index (χ4v) is 2.15. The first-order valence-corrected chi connectivity index (χ1v) is 5.72. The molecule has 1 N–H and O–H groups in total. The van der Waals surface area contributed by atoms with Gasteiger partial charge in [0.1, 0.15) is 5.83 Å². The number of carbonyl (C=O) groups is 1. The maximum Gasteiger partial charge on any atom is 0.407 e. The molecule has 0 bridgehead atoms. The summed E-state index contributed by atoms with van der Waals surface area (Å²) in [6.45, 7) is 5.56. The average molecular weight is 255 g/mol. The molecule has 1 aliphatic rings. The zero-order valence-corrected chi connectivity index (χ0v) is 10.6. The minimum Gasteiger partial charge on any atom is -0.465 e. The molecule has 0 fully saturated rings. The average Bonchev–Trinajstić information content (AvgIpc) is 2.30. The van der Waals surface area contributed by atoms with Gasteiger partial charge in [-0.25, -0.2) is 9.18 Å². The second-order valence-corrected chi connectivity index (χ2v) is 4.04. The van der Waals surface area contributed by atoms with Crippen LogP contribution in [0, 0.1) is 0 Å². The van der Waals surface area contributed by atoms with Crippen molar-refractivity contribution < 1.29 is 19.0 Å². The topological polar surface area (TPSA) is 49.8 Å². The van der Waals surface area contributed by atoms with E-state index < -0.39 is 18.0 Å². The molecule has 1 unspecified atom stereocenters. The Hall–Kier alpha value is -1.62. The molecule has 0 radical (unpaired) electrons. The van der Waals surface area contributed by atoms with Gasteiger partial charge in [-0.2, -0.15) is 0 Å². The maximum atomic E-state index is 13.4. The van der Waals surface area contributed by atoms with E-state index >= 15 is 0 Å². The Labute approximate surface area is 106 Å². The first-order valence-electron chi connectivity index (χ1n) is 5.72. The first kappa shape index (κ1) is 14.4. The van der Waals surface area contributed by atoms with Crippen LogP contribution >= 0.6 is 0 Å². The highest BCUT2D eigenvalue weighted by molar-refractivity contribution is 5.67. The summed E-state index contributed by atoms with van der Waals surface area (Å²) in [6, 6.07) is -0.486. The van der Waals surface area contributed by atoms with Gasteiger partial charge in [-0.3, -0.25) is 4.90 Å². The van der Waals surface area contributed by atoms with Crippen molar-refractivity contribution in [3.63, 3.8) is 0 Å². The third-order valence-electron chi connectivity index (χ3n) is 2.93. The Kier molecular flexibility index (Phi) is 5.09. The van der Waals surface area contributed by atoms with Gasteiger partial charge >= 0.3 is 6.09 Å². The molecular weight excluding hydrogens is 237 g/mol. The summed E-state index contributed by atoms with van der Waals surface area (Å²) < 4.78 is 18.5. The van der Waals surface area contributed by atoms with Crippen molar-refractivity contribution in [2.75, 3.05) is 20.3 Å². The van der Waals surface area contributed by atoms with Crippen molar-refractivity contribution in [3.8, 4) is 0 Å². The predicted octanol–water partition coefficient (Wildman–Crippen LogP) is 2.74. The fraction of sp³-hybridized carbons (Fsp3) is 0.462. The van der Waals surface area contributed by atoms with Crippen LogP contribution in [-0.4, -0.2) is 42.4 Å². The van der Waals surface area contributed by atoms with Gasteiger partial charge in [0, 0.05) is 13.7 Å². The van der Waals surface area contributed by atoms with Crippen molar-refractivity contribution in [1.82, 2.24) is 4.90 Å². The van der Waals surface area contributed by atoms with Gasteiger partial charge < -0.3 is 9.84 Å². The van der Waals surface area contributed by atoms with E-state index in [0.717, 1.165) is 0 Å². The number of nitrogens with zero attached hydrogens (tertiary/aromatic N) is 1. The number of amides is 1. The minimum atomic E-state index is -1.03. The number of ether oxygens (including phenoxy) is 1. The van der Waals surface area contributed by atoms with Crippen LogP contribution < -0.4 is 0 Å². The Morgan fingerprint density at radius 3 is 2.83 bits per heavy atom. The lowest BCUT2D eigenvalue weighted by molar-refractivity contribution is 0.0890. The lowest BCUT2D eigenvalue weighted by Crippen LogP contribution is -2.46. The van der Waals surface area contributed by atoms with E-state index in [0.29, 0.717) is 17.6 Å². The minimum absolute atomic E-state index is 0.197. The molecule has 100 valence electrons. The largest absolute Gasteiger partial charge is 0.465 e. The molecule has 1 amide bonds. The molecule has 0 aliphatic carbocycles. The lowest BCUT2D eigenvalue weighted by atomic mass is 9.92. The normalized spacial score (nSPS) is 20.6. The SMILES string of the molecule is C=C(F)C1=C(/C=C\C)C(COC)N(C(=O)O)CC1. The van der Waals surface area contributed by atoms with E-state index in [1.807, 2.05) is 0 Å². The molecule has 1 aliphatic heterocycles. The van der Waals surface area contributed by atoms with E-state index in [1.54, 1.807) is 19.1 Å². The summed E-state index contributed by atoms with van der Waals surface area (Å²) in [5.74, 6) is -0.505. The molecule has 0 aromatic carbocycles. The molecule has 18 heavy (non-hydrogen) atoms. The van der Waals surface area contributed by atoms with E-state index in [-0.39, 0.29) is 13.2 Å².